The molecule has 0 unspecified atom stereocenters. The van der Waals surface area contributed by atoms with Crippen molar-refractivity contribution < 1.29 is 9.90 Å². The lowest BCUT2D eigenvalue weighted by atomic mass is 10.1. The highest BCUT2D eigenvalue weighted by molar-refractivity contribution is 5.96. The first-order chi connectivity index (χ1) is 10.3. The lowest BCUT2D eigenvalue weighted by Gasteiger charge is -2.05. The van der Waals surface area contributed by atoms with Gasteiger partial charge in [0.05, 0.1) is 17.7 Å². The van der Waals surface area contributed by atoms with Gasteiger partial charge in [0.2, 0.25) is 0 Å². The molecule has 0 saturated carbocycles. The molecular formula is C15H16N4O2. The predicted octanol–water partition coefficient (Wildman–Crippen LogP) is 0.511. The summed E-state index contributed by atoms with van der Waals surface area (Å²) in [5.41, 5.74) is 1.04. The van der Waals surface area contributed by atoms with Crippen LogP contribution in [0.2, 0.25) is 0 Å². The van der Waals surface area contributed by atoms with Crippen LogP contribution < -0.4 is 5.32 Å². The molecule has 0 bridgehead atoms. The predicted molar refractivity (Wildman–Crippen MR) is 77.4 cm³/mol. The third-order valence-electron chi connectivity index (χ3n) is 2.73. The molecule has 108 valence electrons. The van der Waals surface area contributed by atoms with Crippen LogP contribution in [0.1, 0.15) is 28.2 Å². The van der Waals surface area contributed by atoms with E-state index in [1.165, 1.54) is 0 Å². The quantitative estimate of drug-likeness (QED) is 0.698. The zero-order valence-electron chi connectivity index (χ0n) is 11.5. The van der Waals surface area contributed by atoms with Crippen LogP contribution in [-0.2, 0) is 6.42 Å². The second-order valence-corrected chi connectivity index (χ2v) is 4.24. The number of rotatable bonds is 5. The van der Waals surface area contributed by atoms with Gasteiger partial charge in [-0.2, -0.15) is 0 Å². The number of nitrogens with one attached hydrogen (secondary N) is 2. The summed E-state index contributed by atoms with van der Waals surface area (Å²) in [5, 5.41) is 11.5. The Morgan fingerprint density at radius 3 is 3.10 bits per heavy atom. The maximum absolute atomic E-state index is 12.1. The van der Waals surface area contributed by atoms with Crippen LogP contribution in [0, 0.1) is 11.8 Å². The molecular weight excluding hydrogens is 268 g/mol. The van der Waals surface area contributed by atoms with Crippen LogP contribution in [0.15, 0.2) is 30.9 Å². The first kappa shape index (κ1) is 14.8. The molecule has 6 nitrogen and oxygen atoms in total. The van der Waals surface area contributed by atoms with E-state index < -0.39 is 0 Å². The largest absolute Gasteiger partial charge is 0.395 e. The molecule has 0 aliphatic rings. The lowest BCUT2D eigenvalue weighted by Crippen LogP contribution is -2.26. The third-order valence-corrected chi connectivity index (χ3v) is 2.73. The van der Waals surface area contributed by atoms with E-state index in [1.54, 1.807) is 30.9 Å². The lowest BCUT2D eigenvalue weighted by molar-refractivity contribution is 0.0953. The van der Waals surface area contributed by atoms with Gasteiger partial charge in [-0.1, -0.05) is 11.8 Å². The van der Waals surface area contributed by atoms with E-state index in [9.17, 15) is 4.79 Å². The topological polar surface area (TPSA) is 90.9 Å². The summed E-state index contributed by atoms with van der Waals surface area (Å²) in [4.78, 5) is 23.2. The molecule has 0 aliphatic carbocycles. The molecule has 2 heterocycles. The van der Waals surface area contributed by atoms with Crippen molar-refractivity contribution in [2.24, 2.45) is 0 Å². The molecule has 0 aromatic carbocycles. The van der Waals surface area contributed by atoms with E-state index in [2.05, 4.69) is 32.1 Å². The number of aliphatic hydroxyl groups excluding tert-OH is 1. The number of hydrogen-bond acceptors (Lipinski definition) is 4. The van der Waals surface area contributed by atoms with Gasteiger partial charge in [-0.05, 0) is 6.07 Å². The Labute approximate surface area is 122 Å². The molecule has 0 spiro atoms. The Balaban J connectivity index is 1.97. The van der Waals surface area contributed by atoms with Crippen molar-refractivity contribution in [3.05, 3.63) is 47.8 Å². The van der Waals surface area contributed by atoms with Gasteiger partial charge in [0.1, 0.15) is 5.82 Å². The second-order valence-electron chi connectivity index (χ2n) is 4.24. The fraction of sp³-hybridized carbons (Fsp3) is 0.267. The molecule has 0 aliphatic heterocycles. The van der Waals surface area contributed by atoms with Crippen LogP contribution in [0.25, 0.3) is 0 Å². The number of pyridine rings is 1. The zero-order chi connectivity index (χ0) is 14.9. The normalized spacial score (nSPS) is 9.76. The van der Waals surface area contributed by atoms with E-state index in [0.717, 1.165) is 5.82 Å². The van der Waals surface area contributed by atoms with Crippen LogP contribution in [-0.4, -0.2) is 39.1 Å². The number of aromatic amines is 1. The third kappa shape index (κ3) is 4.44. The van der Waals surface area contributed by atoms with E-state index in [4.69, 9.17) is 5.11 Å². The number of aromatic nitrogens is 3. The number of hydrogen-bond donors (Lipinski definition) is 3. The van der Waals surface area contributed by atoms with Gasteiger partial charge in [-0.15, -0.1) is 0 Å². The van der Waals surface area contributed by atoms with Crippen molar-refractivity contribution in [1.29, 1.82) is 0 Å². The van der Waals surface area contributed by atoms with Gasteiger partial charge in [0, 0.05) is 44.2 Å². The maximum atomic E-state index is 12.1. The zero-order valence-corrected chi connectivity index (χ0v) is 11.5. The van der Waals surface area contributed by atoms with Crippen molar-refractivity contribution >= 4 is 5.91 Å². The summed E-state index contributed by atoms with van der Waals surface area (Å²) < 4.78 is 0. The molecule has 2 aromatic rings. The van der Waals surface area contributed by atoms with E-state index >= 15 is 0 Å². The first-order valence-corrected chi connectivity index (χ1v) is 6.61. The molecule has 0 saturated heterocycles. The van der Waals surface area contributed by atoms with E-state index in [-0.39, 0.29) is 12.5 Å². The number of imidazole rings is 1. The number of carbonyl (C=O) groups excluding carboxylic acids is 1. The molecule has 0 fully saturated rings. The summed E-state index contributed by atoms with van der Waals surface area (Å²) in [6.45, 7) is 0.482. The Hall–Kier alpha value is -2.65. The fourth-order valence-electron chi connectivity index (χ4n) is 1.73. The SMILES string of the molecule is O=C(NCCc1ncc[nH]1)c1ccncc1C#CCCO. The minimum atomic E-state index is -0.197. The molecule has 0 atom stereocenters. The standard InChI is InChI=1S/C15H16N4O2/c20-10-2-1-3-12-11-16-6-4-13(12)15(21)19-7-5-14-17-8-9-18-14/h4,6,8-9,11,20H,2,5,7,10H2,(H,17,18)(H,19,21). The summed E-state index contributed by atoms with van der Waals surface area (Å²) >= 11 is 0. The van der Waals surface area contributed by atoms with Gasteiger partial charge in [0.25, 0.3) is 5.91 Å². The van der Waals surface area contributed by atoms with Crippen LogP contribution >= 0.6 is 0 Å². The van der Waals surface area contributed by atoms with Crippen molar-refractivity contribution in [3.63, 3.8) is 0 Å². The van der Waals surface area contributed by atoms with Gasteiger partial charge >= 0.3 is 0 Å². The summed E-state index contributed by atoms with van der Waals surface area (Å²) in [5.74, 6) is 6.27. The number of nitrogens with zero attached hydrogens (tertiary/aromatic N) is 2. The summed E-state index contributed by atoms with van der Waals surface area (Å²) in [6, 6.07) is 1.63. The Morgan fingerprint density at radius 2 is 2.33 bits per heavy atom. The number of aliphatic hydroxyl groups is 1. The van der Waals surface area contributed by atoms with E-state index in [0.29, 0.717) is 30.5 Å². The number of carbonyl (C=O) groups is 1. The van der Waals surface area contributed by atoms with Crippen LogP contribution in [0.3, 0.4) is 0 Å². The first-order valence-electron chi connectivity index (χ1n) is 6.61. The Kier molecular flexibility index (Phi) is 5.50. The highest BCUT2D eigenvalue weighted by atomic mass is 16.2. The van der Waals surface area contributed by atoms with Gasteiger partial charge in [-0.25, -0.2) is 4.98 Å². The highest BCUT2D eigenvalue weighted by Crippen LogP contribution is 2.05. The average Bonchev–Trinajstić information content (AvgIpc) is 3.01. The second kappa shape index (κ2) is 7.82. The van der Waals surface area contributed by atoms with Crippen molar-refractivity contribution in [3.8, 4) is 11.8 Å². The summed E-state index contributed by atoms with van der Waals surface area (Å²) in [6.07, 6.45) is 7.53. The van der Waals surface area contributed by atoms with Crippen molar-refractivity contribution in [2.45, 2.75) is 12.8 Å². The number of H-pyrrole nitrogens is 1. The smallest absolute Gasteiger partial charge is 0.252 e. The number of amides is 1. The Bertz CT molecular complexity index is 641. The maximum Gasteiger partial charge on any atom is 0.252 e. The van der Waals surface area contributed by atoms with Crippen molar-refractivity contribution in [2.75, 3.05) is 13.2 Å². The summed E-state index contributed by atoms with van der Waals surface area (Å²) in [7, 11) is 0. The van der Waals surface area contributed by atoms with Gasteiger partial charge in [0.15, 0.2) is 0 Å². The molecule has 3 N–H and O–H groups in total. The van der Waals surface area contributed by atoms with Gasteiger partial charge in [-0.3, -0.25) is 9.78 Å². The monoisotopic (exact) mass is 284 g/mol. The molecule has 2 aromatic heterocycles. The molecule has 21 heavy (non-hydrogen) atoms. The average molecular weight is 284 g/mol. The van der Waals surface area contributed by atoms with Crippen LogP contribution in [0.4, 0.5) is 0 Å². The minimum Gasteiger partial charge on any atom is -0.395 e. The molecule has 6 heteroatoms. The van der Waals surface area contributed by atoms with E-state index in [1.807, 2.05) is 0 Å². The molecule has 2 rings (SSSR count). The van der Waals surface area contributed by atoms with Crippen molar-refractivity contribution in [1.82, 2.24) is 20.3 Å². The molecule has 0 radical (unpaired) electrons. The minimum absolute atomic E-state index is 0.00204. The van der Waals surface area contributed by atoms with Crippen LogP contribution in [0.5, 0.6) is 0 Å². The van der Waals surface area contributed by atoms with Gasteiger partial charge < -0.3 is 15.4 Å². The fourth-order valence-corrected chi connectivity index (χ4v) is 1.73. The highest BCUT2D eigenvalue weighted by Gasteiger charge is 2.09. The Morgan fingerprint density at radius 1 is 1.43 bits per heavy atom. The molecule has 1 amide bonds.